The zero-order valence-electron chi connectivity index (χ0n) is 11.3. The van der Waals surface area contributed by atoms with Crippen LogP contribution in [0.1, 0.15) is 11.1 Å². The third-order valence-electron chi connectivity index (χ3n) is 2.90. The first-order valence-electron chi connectivity index (χ1n) is 6.06. The summed E-state index contributed by atoms with van der Waals surface area (Å²) in [6.07, 6.45) is -4.47. The summed E-state index contributed by atoms with van der Waals surface area (Å²) in [4.78, 5) is -0.0192. The van der Waals surface area contributed by atoms with E-state index in [1.807, 2.05) is 0 Å². The Morgan fingerprint density at radius 3 is 2.14 bits per heavy atom. The molecule has 2 rings (SSSR count). The molecule has 0 saturated carbocycles. The van der Waals surface area contributed by atoms with Crippen molar-refractivity contribution in [1.29, 1.82) is 0 Å². The van der Waals surface area contributed by atoms with Crippen LogP contribution in [0.5, 0.6) is 0 Å². The summed E-state index contributed by atoms with van der Waals surface area (Å²) in [5.74, 6) is 0. The first-order chi connectivity index (χ1) is 10.1. The van der Waals surface area contributed by atoms with Gasteiger partial charge in [0.2, 0.25) is 0 Å². The van der Waals surface area contributed by atoms with Gasteiger partial charge in [-0.05, 0) is 55.0 Å². The molecular formula is C14H11ClF3NO2S. The highest BCUT2D eigenvalue weighted by Crippen LogP contribution is 2.30. The molecule has 0 bridgehead atoms. The molecule has 0 aromatic heterocycles. The van der Waals surface area contributed by atoms with Crippen LogP contribution in [0.15, 0.2) is 47.4 Å². The van der Waals surface area contributed by atoms with Crippen molar-refractivity contribution >= 4 is 27.3 Å². The largest absolute Gasteiger partial charge is 0.416 e. The minimum Gasteiger partial charge on any atom is -0.280 e. The molecule has 2 aromatic carbocycles. The maximum Gasteiger partial charge on any atom is 0.416 e. The van der Waals surface area contributed by atoms with Crippen molar-refractivity contribution in [3.05, 3.63) is 58.6 Å². The van der Waals surface area contributed by atoms with Gasteiger partial charge in [0, 0.05) is 10.7 Å². The van der Waals surface area contributed by atoms with Crippen molar-refractivity contribution in [1.82, 2.24) is 0 Å². The SMILES string of the molecule is Cc1cc(S(=O)(=O)Nc2ccc(C(F)(F)F)cc2)ccc1Cl. The third-order valence-corrected chi connectivity index (χ3v) is 4.71. The van der Waals surface area contributed by atoms with E-state index in [2.05, 4.69) is 4.72 Å². The Balaban J connectivity index is 2.27. The molecule has 0 amide bonds. The molecule has 2 aromatic rings. The Labute approximate surface area is 130 Å². The van der Waals surface area contributed by atoms with Crippen LogP contribution in [0.4, 0.5) is 18.9 Å². The summed E-state index contributed by atoms with van der Waals surface area (Å²) in [7, 11) is -3.89. The van der Waals surface area contributed by atoms with Crippen molar-refractivity contribution in [2.24, 2.45) is 0 Å². The second-order valence-corrected chi connectivity index (χ2v) is 6.68. The summed E-state index contributed by atoms with van der Waals surface area (Å²) in [6, 6.07) is 7.89. The summed E-state index contributed by atoms with van der Waals surface area (Å²) in [5.41, 5.74) is -0.227. The summed E-state index contributed by atoms with van der Waals surface area (Å²) in [6.45, 7) is 1.65. The number of benzene rings is 2. The molecule has 0 unspecified atom stereocenters. The van der Waals surface area contributed by atoms with Gasteiger partial charge in [0.25, 0.3) is 10.0 Å². The molecule has 118 valence electrons. The molecule has 0 heterocycles. The fraction of sp³-hybridized carbons (Fsp3) is 0.143. The molecule has 0 aliphatic heterocycles. The molecule has 0 aliphatic carbocycles. The molecule has 0 spiro atoms. The smallest absolute Gasteiger partial charge is 0.280 e. The second-order valence-electron chi connectivity index (χ2n) is 4.59. The van der Waals surface area contributed by atoms with Crippen LogP contribution in [0.25, 0.3) is 0 Å². The van der Waals surface area contributed by atoms with Crippen LogP contribution in [0.3, 0.4) is 0 Å². The van der Waals surface area contributed by atoms with E-state index in [1.165, 1.54) is 18.2 Å². The number of anilines is 1. The van der Waals surface area contributed by atoms with Crippen LogP contribution in [0, 0.1) is 6.92 Å². The van der Waals surface area contributed by atoms with Gasteiger partial charge >= 0.3 is 6.18 Å². The van der Waals surface area contributed by atoms with Crippen LogP contribution in [0.2, 0.25) is 5.02 Å². The normalized spacial score (nSPS) is 12.2. The Morgan fingerprint density at radius 1 is 1.05 bits per heavy atom. The lowest BCUT2D eigenvalue weighted by Gasteiger charge is -2.11. The average Bonchev–Trinajstić information content (AvgIpc) is 2.41. The van der Waals surface area contributed by atoms with Gasteiger partial charge in [0.1, 0.15) is 0 Å². The Kier molecular flexibility index (Phi) is 4.39. The fourth-order valence-electron chi connectivity index (χ4n) is 1.73. The van der Waals surface area contributed by atoms with Gasteiger partial charge in [0.15, 0.2) is 0 Å². The van der Waals surface area contributed by atoms with Crippen molar-refractivity contribution < 1.29 is 21.6 Å². The lowest BCUT2D eigenvalue weighted by atomic mass is 10.2. The Hall–Kier alpha value is -1.73. The minimum absolute atomic E-state index is 0.0192. The van der Waals surface area contributed by atoms with Crippen LogP contribution in [-0.2, 0) is 16.2 Å². The predicted molar refractivity (Wildman–Crippen MR) is 78.4 cm³/mol. The lowest BCUT2D eigenvalue weighted by Crippen LogP contribution is -2.13. The van der Waals surface area contributed by atoms with Gasteiger partial charge in [-0.15, -0.1) is 0 Å². The number of alkyl halides is 3. The molecule has 8 heteroatoms. The highest BCUT2D eigenvalue weighted by molar-refractivity contribution is 7.92. The van der Waals surface area contributed by atoms with Crippen molar-refractivity contribution in [2.45, 2.75) is 18.0 Å². The summed E-state index contributed by atoms with van der Waals surface area (Å²) < 4.78 is 63.9. The first kappa shape index (κ1) is 16.6. The molecule has 0 saturated heterocycles. The second kappa shape index (κ2) is 5.81. The van der Waals surface area contributed by atoms with E-state index in [1.54, 1.807) is 6.92 Å². The van der Waals surface area contributed by atoms with Crippen molar-refractivity contribution in [3.63, 3.8) is 0 Å². The fourth-order valence-corrected chi connectivity index (χ4v) is 2.99. The van der Waals surface area contributed by atoms with E-state index < -0.39 is 21.8 Å². The van der Waals surface area contributed by atoms with Gasteiger partial charge in [-0.3, -0.25) is 4.72 Å². The van der Waals surface area contributed by atoms with Gasteiger partial charge in [-0.1, -0.05) is 11.6 Å². The van der Waals surface area contributed by atoms with E-state index in [0.29, 0.717) is 10.6 Å². The highest BCUT2D eigenvalue weighted by Gasteiger charge is 2.30. The van der Waals surface area contributed by atoms with Gasteiger partial charge < -0.3 is 0 Å². The van der Waals surface area contributed by atoms with Crippen molar-refractivity contribution in [2.75, 3.05) is 4.72 Å². The summed E-state index contributed by atoms with van der Waals surface area (Å²) in [5, 5.41) is 0.425. The Morgan fingerprint density at radius 2 is 1.64 bits per heavy atom. The number of nitrogens with one attached hydrogen (secondary N) is 1. The van der Waals surface area contributed by atoms with E-state index in [4.69, 9.17) is 11.6 Å². The predicted octanol–water partition coefficient (Wildman–Crippen LogP) is 4.47. The number of aryl methyl sites for hydroxylation is 1. The maximum absolute atomic E-state index is 12.5. The molecule has 1 N–H and O–H groups in total. The third kappa shape index (κ3) is 3.72. The molecule has 22 heavy (non-hydrogen) atoms. The van der Waals surface area contributed by atoms with Gasteiger partial charge in [-0.2, -0.15) is 13.2 Å². The average molecular weight is 350 g/mol. The zero-order chi connectivity index (χ0) is 16.5. The zero-order valence-corrected chi connectivity index (χ0v) is 12.9. The van der Waals surface area contributed by atoms with E-state index in [0.717, 1.165) is 24.3 Å². The molecule has 0 aliphatic rings. The number of hydrogen-bond donors (Lipinski definition) is 1. The quantitative estimate of drug-likeness (QED) is 0.888. The standard InChI is InChI=1S/C14H11ClF3NO2S/c1-9-8-12(6-7-13(9)15)22(20,21)19-11-4-2-10(3-5-11)14(16,17)18/h2-8,19H,1H3. The van der Waals surface area contributed by atoms with E-state index in [-0.39, 0.29) is 10.6 Å². The Bertz CT molecular complexity index is 787. The van der Waals surface area contributed by atoms with Crippen LogP contribution < -0.4 is 4.72 Å². The first-order valence-corrected chi connectivity index (χ1v) is 7.92. The minimum atomic E-state index is -4.47. The number of hydrogen-bond acceptors (Lipinski definition) is 2. The van der Waals surface area contributed by atoms with Crippen LogP contribution in [-0.4, -0.2) is 8.42 Å². The van der Waals surface area contributed by atoms with Crippen LogP contribution >= 0.6 is 11.6 Å². The van der Waals surface area contributed by atoms with E-state index in [9.17, 15) is 21.6 Å². The topological polar surface area (TPSA) is 46.2 Å². The monoisotopic (exact) mass is 349 g/mol. The van der Waals surface area contributed by atoms with Gasteiger partial charge in [-0.25, -0.2) is 8.42 Å². The molecule has 0 atom stereocenters. The molecule has 0 radical (unpaired) electrons. The molecule has 0 fully saturated rings. The number of halogens is 4. The van der Waals surface area contributed by atoms with Gasteiger partial charge in [0.05, 0.1) is 10.5 Å². The summed E-state index contributed by atoms with van der Waals surface area (Å²) >= 11 is 5.83. The maximum atomic E-state index is 12.5. The number of sulfonamides is 1. The highest BCUT2D eigenvalue weighted by atomic mass is 35.5. The lowest BCUT2D eigenvalue weighted by molar-refractivity contribution is -0.137. The van der Waals surface area contributed by atoms with E-state index >= 15 is 0 Å². The molecular weight excluding hydrogens is 339 g/mol. The van der Waals surface area contributed by atoms with Crippen molar-refractivity contribution in [3.8, 4) is 0 Å². The molecule has 3 nitrogen and oxygen atoms in total. The number of rotatable bonds is 3.